The van der Waals surface area contributed by atoms with Gasteiger partial charge in [-0.15, -0.1) is 0 Å². The highest BCUT2D eigenvalue weighted by Crippen LogP contribution is 2.47. The Bertz CT molecular complexity index is 5290. The highest BCUT2D eigenvalue weighted by atomic mass is 15.0. The van der Waals surface area contributed by atoms with Crippen LogP contribution in [0.15, 0.2) is 261 Å². The fourth-order valence-corrected chi connectivity index (χ4v) is 13.6. The zero-order chi connectivity index (χ0) is 60.8. The Balaban J connectivity index is 1.02. The average Bonchev–Trinajstić information content (AvgIpc) is 1.65. The van der Waals surface area contributed by atoms with Crippen LogP contribution in [0.2, 0.25) is 0 Å². The van der Waals surface area contributed by atoms with Crippen molar-refractivity contribution < 1.29 is 0 Å². The maximum Gasteiger partial charge on any atom is 0.163 e. The third kappa shape index (κ3) is 9.12. The molecular weight excluding hydrogens is 1110 g/mol. The lowest BCUT2D eigenvalue weighted by Gasteiger charge is -2.22. The van der Waals surface area contributed by atoms with E-state index in [1.807, 2.05) is 52.0 Å². The van der Waals surface area contributed by atoms with E-state index < -0.39 is 0 Å². The van der Waals surface area contributed by atoms with Crippen molar-refractivity contribution in [3.05, 3.63) is 284 Å². The van der Waals surface area contributed by atoms with Crippen LogP contribution in [0.4, 0.5) is 0 Å². The molecule has 0 aliphatic carbocycles. The summed E-state index contributed by atoms with van der Waals surface area (Å²) >= 11 is 0. The maximum atomic E-state index is 5.56. The van der Waals surface area contributed by atoms with E-state index in [0.29, 0.717) is 40.8 Å². The first-order chi connectivity index (χ1) is 44.7. The topological polar surface area (TPSA) is 118 Å². The normalized spacial score (nSPS) is 11.7. The fraction of sp³-hybridized carbons (Fsp3) is 0.0500. The summed E-state index contributed by atoms with van der Waals surface area (Å²) in [5, 5.41) is 6.77. The van der Waals surface area contributed by atoms with Gasteiger partial charge in [-0.2, -0.15) is 0 Å². The summed E-state index contributed by atoms with van der Waals surface area (Å²) in [5.74, 6) is 4.47. The molecule has 17 rings (SSSR count). The summed E-state index contributed by atoms with van der Waals surface area (Å²) in [4.78, 5) is 39.6. The van der Waals surface area contributed by atoms with Crippen LogP contribution in [0.1, 0.15) is 23.3 Å². The van der Waals surface area contributed by atoms with E-state index in [9.17, 15) is 0 Å². The molecule has 0 aliphatic rings. The Kier molecular flexibility index (Phi) is 12.5. The molecule has 0 radical (unpaired) electrons. The second-order valence-electron chi connectivity index (χ2n) is 23.3. The summed E-state index contributed by atoms with van der Waals surface area (Å²) in [6.07, 6.45) is 0. The second kappa shape index (κ2) is 21.4. The minimum atomic E-state index is 0.608. The van der Waals surface area contributed by atoms with Crippen molar-refractivity contribution >= 4 is 65.4 Å². The molecule has 17 aromatic rings. The summed E-state index contributed by atoms with van der Waals surface area (Å²) in [6, 6.07) is 93.6. The molecule has 0 bridgehead atoms. The number of fused-ring (bicyclic) bond motifs is 9. The number of aromatic nitrogens is 11. The van der Waals surface area contributed by atoms with Crippen molar-refractivity contribution in [1.82, 2.24) is 53.6 Å². The summed E-state index contributed by atoms with van der Waals surface area (Å²) in [7, 11) is 0. The van der Waals surface area contributed by atoms with Crippen LogP contribution in [0.25, 0.3) is 161 Å². The first kappa shape index (κ1) is 53.2. The van der Waals surface area contributed by atoms with E-state index >= 15 is 0 Å². The standard InChI is InChI=1S/C80H55N11/c1-48-81-49(2)84-79(83-48)56-37-39-75-67(43-56)68-44-57(80-85-50(3)82-51(4)86-80)38-40-76(68)91(75)77-65(54-25-19-27-59(41-54)89-71-33-15-11-29-61(71)62-30-12-16-34-72(62)89)45-58(70-47-69(52-21-7-5-8-22-52)87-78(88-70)53-23-9-6-10-24-53)46-66(77)55-26-20-28-60(42-55)90-73-35-17-13-31-63(73)64-32-14-18-36-74(64)90/h5-47H,1-4H3. The van der Waals surface area contributed by atoms with E-state index in [2.05, 4.69) is 260 Å². The van der Waals surface area contributed by atoms with Crippen LogP contribution in [0, 0.1) is 27.7 Å². The Morgan fingerprint density at radius 2 is 0.571 bits per heavy atom. The van der Waals surface area contributed by atoms with Gasteiger partial charge >= 0.3 is 0 Å². The van der Waals surface area contributed by atoms with Crippen LogP contribution in [0.5, 0.6) is 0 Å². The first-order valence-electron chi connectivity index (χ1n) is 30.6. The van der Waals surface area contributed by atoms with Crippen LogP contribution < -0.4 is 0 Å². The lowest BCUT2D eigenvalue weighted by atomic mass is 9.91. The van der Waals surface area contributed by atoms with Gasteiger partial charge in [0.25, 0.3) is 0 Å². The minimum Gasteiger partial charge on any atom is -0.309 e. The van der Waals surface area contributed by atoms with Crippen molar-refractivity contribution in [2.24, 2.45) is 0 Å². The van der Waals surface area contributed by atoms with Crippen LogP contribution in [-0.2, 0) is 0 Å². The van der Waals surface area contributed by atoms with E-state index in [-0.39, 0.29) is 0 Å². The van der Waals surface area contributed by atoms with Gasteiger partial charge in [-0.3, -0.25) is 0 Å². The molecular formula is C80H55N11. The van der Waals surface area contributed by atoms with Gasteiger partial charge < -0.3 is 13.7 Å². The molecule has 6 heterocycles. The number of hydrogen-bond donors (Lipinski definition) is 0. The van der Waals surface area contributed by atoms with Gasteiger partial charge in [-0.1, -0.05) is 158 Å². The van der Waals surface area contributed by atoms with Gasteiger partial charge in [0.15, 0.2) is 17.5 Å². The third-order valence-electron chi connectivity index (χ3n) is 17.4. The van der Waals surface area contributed by atoms with Gasteiger partial charge in [-0.25, -0.2) is 39.9 Å². The van der Waals surface area contributed by atoms with E-state index in [4.69, 9.17) is 29.9 Å². The number of nitrogens with zero attached hydrogens (tertiary/aromatic N) is 11. The molecule has 0 atom stereocenters. The molecule has 0 amide bonds. The third-order valence-corrected chi connectivity index (χ3v) is 17.4. The largest absolute Gasteiger partial charge is 0.309 e. The van der Waals surface area contributed by atoms with Crippen LogP contribution >= 0.6 is 0 Å². The quantitative estimate of drug-likeness (QED) is 0.133. The smallest absolute Gasteiger partial charge is 0.163 e. The predicted molar refractivity (Wildman–Crippen MR) is 369 cm³/mol. The second-order valence-corrected chi connectivity index (χ2v) is 23.3. The molecule has 0 N–H and O–H groups in total. The zero-order valence-corrected chi connectivity index (χ0v) is 50.2. The molecule has 91 heavy (non-hydrogen) atoms. The Hall–Kier alpha value is -12.1. The van der Waals surface area contributed by atoms with Crippen molar-refractivity contribution in [2.75, 3.05) is 0 Å². The number of benzene rings is 11. The molecule has 0 unspecified atom stereocenters. The first-order valence-corrected chi connectivity index (χ1v) is 30.6. The Labute approximate surface area is 524 Å². The number of hydrogen-bond acceptors (Lipinski definition) is 8. The van der Waals surface area contributed by atoms with E-state index in [1.165, 1.54) is 21.5 Å². The molecule has 0 saturated heterocycles. The summed E-state index contributed by atoms with van der Waals surface area (Å²) < 4.78 is 7.26. The molecule has 6 aromatic heterocycles. The van der Waals surface area contributed by atoms with Crippen molar-refractivity contribution in [1.29, 1.82) is 0 Å². The molecule has 0 spiro atoms. The van der Waals surface area contributed by atoms with Crippen molar-refractivity contribution in [2.45, 2.75) is 27.7 Å². The van der Waals surface area contributed by atoms with Gasteiger partial charge in [0.1, 0.15) is 23.3 Å². The Morgan fingerprint density at radius 1 is 0.220 bits per heavy atom. The number of para-hydroxylation sites is 4. The minimum absolute atomic E-state index is 0.608. The SMILES string of the molecule is Cc1nc(C)nc(-c2ccc3c(c2)c2cc(-c4nc(C)nc(C)n4)ccc2n3-c2c(-c3cccc(-n4c5ccccc5c5ccccc54)c3)cc(-c3cc(-c4ccccc4)nc(-c4ccccc4)n3)cc2-c2cccc(-n3c4ccccc4c4ccccc43)c2)n1. The van der Waals surface area contributed by atoms with Gasteiger partial charge in [0.05, 0.1) is 50.2 Å². The highest BCUT2D eigenvalue weighted by Gasteiger charge is 2.26. The number of aryl methyl sites for hydroxylation is 4. The van der Waals surface area contributed by atoms with Crippen LogP contribution in [0.3, 0.4) is 0 Å². The maximum absolute atomic E-state index is 5.56. The molecule has 0 fully saturated rings. The lowest BCUT2D eigenvalue weighted by Crippen LogP contribution is -2.04. The summed E-state index contributed by atoms with van der Waals surface area (Å²) in [5.41, 5.74) is 19.7. The lowest BCUT2D eigenvalue weighted by molar-refractivity contribution is 0.928. The van der Waals surface area contributed by atoms with Crippen molar-refractivity contribution in [3.8, 4) is 96.0 Å². The Morgan fingerprint density at radius 3 is 1.00 bits per heavy atom. The summed E-state index contributed by atoms with van der Waals surface area (Å²) in [6.45, 7) is 7.66. The van der Waals surface area contributed by atoms with Gasteiger partial charge in [0.2, 0.25) is 0 Å². The fourth-order valence-electron chi connectivity index (χ4n) is 13.6. The zero-order valence-electron chi connectivity index (χ0n) is 50.2. The predicted octanol–water partition coefficient (Wildman–Crippen LogP) is 19.0. The molecule has 11 aromatic carbocycles. The van der Waals surface area contributed by atoms with Crippen LogP contribution in [-0.4, -0.2) is 53.6 Å². The average molecular weight is 1170 g/mol. The van der Waals surface area contributed by atoms with Crippen molar-refractivity contribution in [3.63, 3.8) is 0 Å². The van der Waals surface area contributed by atoms with Gasteiger partial charge in [-0.05, 0) is 142 Å². The molecule has 0 saturated carbocycles. The van der Waals surface area contributed by atoms with Gasteiger partial charge in [0, 0.05) is 82.6 Å². The van der Waals surface area contributed by atoms with E-state index in [0.717, 1.165) is 122 Å². The number of rotatable bonds is 10. The molecule has 430 valence electrons. The molecule has 11 heteroatoms. The monoisotopic (exact) mass is 1170 g/mol. The molecule has 11 nitrogen and oxygen atoms in total. The van der Waals surface area contributed by atoms with E-state index in [1.54, 1.807) is 0 Å². The molecule has 0 aliphatic heterocycles. The highest BCUT2D eigenvalue weighted by molar-refractivity contribution is 6.14.